The van der Waals surface area contributed by atoms with E-state index in [4.69, 9.17) is 0 Å². The van der Waals surface area contributed by atoms with Crippen molar-refractivity contribution in [2.24, 2.45) is 0 Å². The highest BCUT2D eigenvalue weighted by Crippen LogP contribution is 2.21. The number of amides is 4. The number of para-hydroxylation sites is 1. The lowest BCUT2D eigenvalue weighted by atomic mass is 10.2. The summed E-state index contributed by atoms with van der Waals surface area (Å²) in [5, 5.41) is 8.21. The number of hydrogen-bond acceptors (Lipinski definition) is 3. The smallest absolute Gasteiger partial charge is 0.319 e. The molecule has 0 saturated carbocycles. The molecular formula is C19H20N4O3. The molecule has 1 fully saturated rings. The van der Waals surface area contributed by atoms with Gasteiger partial charge in [-0.3, -0.25) is 9.59 Å². The third kappa shape index (κ3) is 4.38. The van der Waals surface area contributed by atoms with Crippen molar-refractivity contribution in [1.82, 2.24) is 5.32 Å². The molecule has 7 heteroatoms. The Balaban J connectivity index is 1.54. The predicted octanol–water partition coefficient (Wildman–Crippen LogP) is 2.57. The van der Waals surface area contributed by atoms with Gasteiger partial charge < -0.3 is 20.9 Å². The van der Waals surface area contributed by atoms with Crippen molar-refractivity contribution in [2.75, 3.05) is 22.1 Å². The maximum atomic E-state index is 12.2. The van der Waals surface area contributed by atoms with Crippen molar-refractivity contribution in [3.05, 3.63) is 54.6 Å². The number of benzene rings is 2. The standard InChI is InChI=1S/C19H20N4O3/c1-13(24)20-14-7-9-15(10-8-14)21-19(26)22-16-11-18(25)23(12-16)17-5-3-2-4-6-17/h2-10,16H,11-12H2,1H3,(H,20,24)(H2,21,22,26)/t16-/m0/s1. The number of nitrogens with zero attached hydrogens (tertiary/aromatic N) is 1. The highest BCUT2D eigenvalue weighted by molar-refractivity contribution is 5.97. The Morgan fingerprint density at radius 1 is 0.962 bits per heavy atom. The van der Waals surface area contributed by atoms with Crippen molar-refractivity contribution < 1.29 is 14.4 Å². The zero-order valence-corrected chi connectivity index (χ0v) is 14.4. The van der Waals surface area contributed by atoms with Crippen LogP contribution in [0.1, 0.15) is 13.3 Å². The molecular weight excluding hydrogens is 332 g/mol. The second-order valence-electron chi connectivity index (χ2n) is 6.10. The van der Waals surface area contributed by atoms with Gasteiger partial charge >= 0.3 is 6.03 Å². The molecule has 1 saturated heterocycles. The first-order valence-corrected chi connectivity index (χ1v) is 8.32. The molecule has 0 spiro atoms. The summed E-state index contributed by atoms with van der Waals surface area (Å²) >= 11 is 0. The Bertz CT molecular complexity index is 805. The maximum absolute atomic E-state index is 12.2. The molecule has 1 atom stereocenters. The third-order valence-electron chi connectivity index (χ3n) is 3.99. The fraction of sp³-hybridized carbons (Fsp3) is 0.211. The summed E-state index contributed by atoms with van der Waals surface area (Å²) in [6.45, 7) is 1.87. The molecule has 2 aromatic rings. The van der Waals surface area contributed by atoms with Gasteiger partial charge in [-0.15, -0.1) is 0 Å². The Morgan fingerprint density at radius 2 is 1.58 bits per heavy atom. The van der Waals surface area contributed by atoms with Gasteiger partial charge in [-0.25, -0.2) is 4.79 Å². The van der Waals surface area contributed by atoms with E-state index >= 15 is 0 Å². The van der Waals surface area contributed by atoms with Crippen LogP contribution in [0.2, 0.25) is 0 Å². The molecule has 0 unspecified atom stereocenters. The molecule has 3 rings (SSSR count). The van der Waals surface area contributed by atoms with Crippen LogP contribution in [-0.2, 0) is 9.59 Å². The Labute approximate surface area is 151 Å². The third-order valence-corrected chi connectivity index (χ3v) is 3.99. The fourth-order valence-corrected chi connectivity index (χ4v) is 2.85. The van der Waals surface area contributed by atoms with Gasteiger partial charge in [-0.1, -0.05) is 18.2 Å². The van der Waals surface area contributed by atoms with Gasteiger partial charge in [0, 0.05) is 37.0 Å². The van der Waals surface area contributed by atoms with E-state index in [2.05, 4.69) is 16.0 Å². The molecule has 0 aliphatic carbocycles. The van der Waals surface area contributed by atoms with Gasteiger partial charge in [0.05, 0.1) is 6.04 Å². The van der Waals surface area contributed by atoms with E-state index in [1.807, 2.05) is 30.3 Å². The number of carbonyl (C=O) groups is 3. The molecule has 1 heterocycles. The zero-order chi connectivity index (χ0) is 18.5. The normalized spacial score (nSPS) is 16.3. The minimum atomic E-state index is -0.370. The molecule has 134 valence electrons. The lowest BCUT2D eigenvalue weighted by molar-refractivity contribution is -0.117. The fourth-order valence-electron chi connectivity index (χ4n) is 2.85. The number of urea groups is 1. The minimum Gasteiger partial charge on any atom is -0.333 e. The van der Waals surface area contributed by atoms with Crippen LogP contribution >= 0.6 is 0 Å². The van der Waals surface area contributed by atoms with Crippen molar-refractivity contribution >= 4 is 34.9 Å². The summed E-state index contributed by atoms with van der Waals surface area (Å²) in [4.78, 5) is 37.0. The number of hydrogen-bond donors (Lipinski definition) is 3. The second-order valence-corrected chi connectivity index (χ2v) is 6.10. The van der Waals surface area contributed by atoms with E-state index < -0.39 is 0 Å². The van der Waals surface area contributed by atoms with Crippen molar-refractivity contribution in [3.8, 4) is 0 Å². The van der Waals surface area contributed by atoms with Crippen LogP contribution in [0.3, 0.4) is 0 Å². The van der Waals surface area contributed by atoms with Crippen LogP contribution in [0.4, 0.5) is 21.9 Å². The Hall–Kier alpha value is -3.35. The van der Waals surface area contributed by atoms with E-state index in [0.717, 1.165) is 5.69 Å². The molecule has 4 amide bonds. The summed E-state index contributed by atoms with van der Waals surface area (Å²) in [5.41, 5.74) is 2.08. The van der Waals surface area contributed by atoms with Crippen LogP contribution in [0.15, 0.2) is 54.6 Å². The number of anilines is 3. The van der Waals surface area contributed by atoms with Crippen molar-refractivity contribution in [1.29, 1.82) is 0 Å². The van der Waals surface area contributed by atoms with Crippen LogP contribution in [-0.4, -0.2) is 30.4 Å². The largest absolute Gasteiger partial charge is 0.333 e. The summed E-state index contributed by atoms with van der Waals surface area (Å²) in [7, 11) is 0. The first-order chi connectivity index (χ1) is 12.5. The first-order valence-electron chi connectivity index (χ1n) is 8.32. The predicted molar refractivity (Wildman–Crippen MR) is 100 cm³/mol. The molecule has 26 heavy (non-hydrogen) atoms. The van der Waals surface area contributed by atoms with Gasteiger partial charge in [-0.05, 0) is 36.4 Å². The summed E-state index contributed by atoms with van der Waals surface area (Å²) in [5.74, 6) is -0.168. The maximum Gasteiger partial charge on any atom is 0.319 e. The number of nitrogens with one attached hydrogen (secondary N) is 3. The lowest BCUT2D eigenvalue weighted by Gasteiger charge is -2.17. The minimum absolute atomic E-state index is 0.0128. The van der Waals surface area contributed by atoms with E-state index in [0.29, 0.717) is 17.9 Å². The first kappa shape index (κ1) is 17.5. The quantitative estimate of drug-likeness (QED) is 0.790. The van der Waals surface area contributed by atoms with E-state index in [1.165, 1.54) is 6.92 Å². The topological polar surface area (TPSA) is 90.5 Å². The van der Waals surface area contributed by atoms with Crippen LogP contribution in [0.5, 0.6) is 0 Å². The monoisotopic (exact) mass is 352 g/mol. The molecule has 1 aliphatic heterocycles. The van der Waals surface area contributed by atoms with E-state index in [9.17, 15) is 14.4 Å². The lowest BCUT2D eigenvalue weighted by Crippen LogP contribution is -2.39. The number of carbonyl (C=O) groups excluding carboxylic acids is 3. The summed E-state index contributed by atoms with van der Waals surface area (Å²) in [6, 6.07) is 15.6. The molecule has 0 aromatic heterocycles. The molecule has 3 N–H and O–H groups in total. The van der Waals surface area contributed by atoms with Crippen LogP contribution in [0, 0.1) is 0 Å². The summed E-state index contributed by atoms with van der Waals surface area (Å²) in [6.07, 6.45) is 0.268. The Kier molecular flexibility index (Phi) is 5.17. The SMILES string of the molecule is CC(=O)Nc1ccc(NC(=O)N[C@H]2CC(=O)N(c3ccccc3)C2)cc1. The van der Waals surface area contributed by atoms with Gasteiger partial charge in [0.15, 0.2) is 0 Å². The van der Waals surface area contributed by atoms with Crippen LogP contribution in [0.25, 0.3) is 0 Å². The van der Waals surface area contributed by atoms with Gasteiger partial charge in [0.1, 0.15) is 0 Å². The van der Waals surface area contributed by atoms with Gasteiger partial charge in [0.25, 0.3) is 0 Å². The van der Waals surface area contributed by atoms with E-state index in [1.54, 1.807) is 29.2 Å². The molecule has 2 aromatic carbocycles. The van der Waals surface area contributed by atoms with Gasteiger partial charge in [0.2, 0.25) is 11.8 Å². The highest BCUT2D eigenvalue weighted by atomic mass is 16.2. The second kappa shape index (κ2) is 7.69. The molecule has 1 aliphatic rings. The average molecular weight is 352 g/mol. The Morgan fingerprint density at radius 3 is 2.19 bits per heavy atom. The number of rotatable bonds is 4. The molecule has 7 nitrogen and oxygen atoms in total. The van der Waals surface area contributed by atoms with Crippen LogP contribution < -0.4 is 20.9 Å². The zero-order valence-electron chi connectivity index (χ0n) is 14.4. The van der Waals surface area contributed by atoms with Crippen molar-refractivity contribution in [2.45, 2.75) is 19.4 Å². The van der Waals surface area contributed by atoms with E-state index in [-0.39, 0.29) is 30.3 Å². The molecule has 0 radical (unpaired) electrons. The summed E-state index contributed by atoms with van der Waals surface area (Å²) < 4.78 is 0. The van der Waals surface area contributed by atoms with Crippen molar-refractivity contribution in [3.63, 3.8) is 0 Å². The average Bonchev–Trinajstić information content (AvgIpc) is 2.97. The molecule has 0 bridgehead atoms. The van der Waals surface area contributed by atoms with Gasteiger partial charge in [-0.2, -0.15) is 0 Å². The highest BCUT2D eigenvalue weighted by Gasteiger charge is 2.31.